The molecule has 0 aromatic heterocycles. The number of hydrogen-bond acceptors (Lipinski definition) is 3. The van der Waals surface area contributed by atoms with Gasteiger partial charge in [0.2, 0.25) is 10.0 Å². The second kappa shape index (κ2) is 5.51. The Balaban J connectivity index is 2.07. The number of nitriles is 1. The molecule has 1 aromatic rings. The summed E-state index contributed by atoms with van der Waals surface area (Å²) in [7, 11) is -3.48. The van der Waals surface area contributed by atoms with Gasteiger partial charge < -0.3 is 0 Å². The largest absolute Gasteiger partial charge is 0.240 e. The van der Waals surface area contributed by atoms with Crippen LogP contribution in [0.2, 0.25) is 0 Å². The molecular formula is C13H16N2O2S. The van der Waals surface area contributed by atoms with Gasteiger partial charge in [0.25, 0.3) is 0 Å². The van der Waals surface area contributed by atoms with E-state index >= 15 is 0 Å². The highest BCUT2D eigenvalue weighted by molar-refractivity contribution is 7.89. The molecule has 0 atom stereocenters. The zero-order valence-corrected chi connectivity index (χ0v) is 10.9. The van der Waals surface area contributed by atoms with E-state index in [-0.39, 0.29) is 4.90 Å². The van der Waals surface area contributed by atoms with Gasteiger partial charge in [-0.1, -0.05) is 18.9 Å². The highest BCUT2D eigenvalue weighted by Crippen LogP contribution is 2.24. The maximum absolute atomic E-state index is 12.0. The molecule has 4 nitrogen and oxygen atoms in total. The average Bonchev–Trinajstić information content (AvgIpc) is 2.90. The number of benzene rings is 1. The Hall–Kier alpha value is -1.38. The van der Waals surface area contributed by atoms with Crippen molar-refractivity contribution < 1.29 is 8.42 Å². The molecule has 1 fully saturated rings. The van der Waals surface area contributed by atoms with Crippen molar-refractivity contribution in [1.82, 2.24) is 4.72 Å². The third kappa shape index (κ3) is 3.09. The lowest BCUT2D eigenvalue weighted by molar-refractivity contribution is 0.519. The Morgan fingerprint density at radius 1 is 1.33 bits per heavy atom. The van der Waals surface area contributed by atoms with Crippen LogP contribution >= 0.6 is 0 Å². The standard InChI is InChI=1S/C13H16N2O2S/c14-9-12-6-3-7-13(8-12)18(16,17)15-10-11-4-1-2-5-11/h3,6-8,11,15H,1-2,4-5,10H2. The summed E-state index contributed by atoms with van der Waals surface area (Å²) in [6.45, 7) is 0.499. The fourth-order valence-electron chi connectivity index (χ4n) is 2.26. The Kier molecular flexibility index (Phi) is 4.00. The minimum Gasteiger partial charge on any atom is -0.211 e. The molecule has 0 bridgehead atoms. The van der Waals surface area contributed by atoms with E-state index in [0.717, 1.165) is 12.8 Å². The predicted molar refractivity (Wildman–Crippen MR) is 68.3 cm³/mol. The highest BCUT2D eigenvalue weighted by atomic mass is 32.2. The van der Waals surface area contributed by atoms with Gasteiger partial charge in [0, 0.05) is 6.54 Å². The fourth-order valence-corrected chi connectivity index (χ4v) is 3.42. The second-order valence-corrected chi connectivity index (χ2v) is 6.41. The summed E-state index contributed by atoms with van der Waals surface area (Å²) < 4.78 is 26.7. The Bertz CT molecular complexity index is 555. The Morgan fingerprint density at radius 2 is 2.06 bits per heavy atom. The van der Waals surface area contributed by atoms with E-state index in [2.05, 4.69) is 4.72 Å². The maximum Gasteiger partial charge on any atom is 0.240 e. The first-order chi connectivity index (χ1) is 8.62. The number of nitrogens with one attached hydrogen (secondary N) is 1. The molecule has 5 heteroatoms. The molecule has 1 aliphatic carbocycles. The van der Waals surface area contributed by atoms with Crippen molar-refractivity contribution in [2.45, 2.75) is 30.6 Å². The summed E-state index contributed by atoms with van der Waals surface area (Å²) in [5.74, 6) is 0.457. The normalized spacial score (nSPS) is 16.6. The van der Waals surface area contributed by atoms with Gasteiger partial charge in [-0.2, -0.15) is 5.26 Å². The van der Waals surface area contributed by atoms with Crippen LogP contribution in [0.4, 0.5) is 0 Å². The molecule has 1 saturated carbocycles. The number of hydrogen-bond donors (Lipinski definition) is 1. The molecule has 0 heterocycles. The van der Waals surface area contributed by atoms with Crippen LogP contribution in [0.1, 0.15) is 31.2 Å². The monoisotopic (exact) mass is 264 g/mol. The molecule has 96 valence electrons. The van der Waals surface area contributed by atoms with E-state index in [0.29, 0.717) is 18.0 Å². The molecule has 18 heavy (non-hydrogen) atoms. The number of sulfonamides is 1. The summed E-state index contributed by atoms with van der Waals surface area (Å²) in [6.07, 6.45) is 4.58. The van der Waals surface area contributed by atoms with E-state index in [9.17, 15) is 8.42 Å². The quantitative estimate of drug-likeness (QED) is 0.904. The van der Waals surface area contributed by atoms with Gasteiger partial charge in [-0.25, -0.2) is 13.1 Å². The van der Waals surface area contributed by atoms with E-state index in [1.807, 2.05) is 6.07 Å². The molecule has 0 unspecified atom stereocenters. The van der Waals surface area contributed by atoms with Crippen LogP contribution in [0.15, 0.2) is 29.2 Å². The van der Waals surface area contributed by atoms with Crippen molar-refractivity contribution in [2.24, 2.45) is 5.92 Å². The van der Waals surface area contributed by atoms with Crippen LogP contribution in [-0.2, 0) is 10.0 Å². The molecule has 1 N–H and O–H groups in total. The van der Waals surface area contributed by atoms with Gasteiger partial charge in [-0.05, 0) is 37.0 Å². The van der Waals surface area contributed by atoms with E-state index in [4.69, 9.17) is 5.26 Å². The van der Waals surface area contributed by atoms with E-state index in [1.165, 1.54) is 25.0 Å². The molecule has 0 saturated heterocycles. The molecule has 0 spiro atoms. The zero-order chi connectivity index (χ0) is 13.0. The smallest absolute Gasteiger partial charge is 0.211 e. The average molecular weight is 264 g/mol. The van der Waals surface area contributed by atoms with Crippen molar-refractivity contribution in [3.8, 4) is 6.07 Å². The summed E-state index contributed by atoms with van der Waals surface area (Å²) in [6, 6.07) is 8.04. The van der Waals surface area contributed by atoms with Crippen LogP contribution in [0.5, 0.6) is 0 Å². The van der Waals surface area contributed by atoms with Gasteiger partial charge in [0.15, 0.2) is 0 Å². The van der Waals surface area contributed by atoms with Crippen molar-refractivity contribution in [3.63, 3.8) is 0 Å². The summed E-state index contributed by atoms with van der Waals surface area (Å²) in [4.78, 5) is 0.166. The van der Waals surface area contributed by atoms with Gasteiger partial charge in [0.1, 0.15) is 0 Å². The van der Waals surface area contributed by atoms with Crippen LogP contribution in [0.25, 0.3) is 0 Å². The SMILES string of the molecule is N#Cc1cccc(S(=O)(=O)NCC2CCCC2)c1. The molecule has 0 amide bonds. The molecule has 2 rings (SSSR count). The zero-order valence-electron chi connectivity index (χ0n) is 10.1. The van der Waals surface area contributed by atoms with Crippen LogP contribution in [0.3, 0.4) is 0 Å². The van der Waals surface area contributed by atoms with Gasteiger partial charge in [-0.15, -0.1) is 0 Å². The number of rotatable bonds is 4. The van der Waals surface area contributed by atoms with E-state index in [1.54, 1.807) is 12.1 Å². The van der Waals surface area contributed by atoms with Gasteiger partial charge in [0.05, 0.1) is 16.5 Å². The lowest BCUT2D eigenvalue weighted by Gasteiger charge is -2.11. The van der Waals surface area contributed by atoms with Crippen LogP contribution in [-0.4, -0.2) is 15.0 Å². The van der Waals surface area contributed by atoms with Crippen molar-refractivity contribution >= 4 is 10.0 Å². The Labute approximate surface area is 108 Å². The minimum atomic E-state index is -3.48. The fraction of sp³-hybridized carbons (Fsp3) is 0.462. The molecular weight excluding hydrogens is 248 g/mol. The second-order valence-electron chi connectivity index (χ2n) is 4.64. The first kappa shape index (κ1) is 13.1. The number of nitrogens with zero attached hydrogens (tertiary/aromatic N) is 1. The third-order valence-electron chi connectivity index (χ3n) is 3.31. The maximum atomic E-state index is 12.0. The Morgan fingerprint density at radius 3 is 2.72 bits per heavy atom. The third-order valence-corrected chi connectivity index (χ3v) is 4.73. The first-order valence-electron chi connectivity index (χ1n) is 6.11. The summed E-state index contributed by atoms with van der Waals surface area (Å²) in [5, 5.41) is 8.77. The lowest BCUT2D eigenvalue weighted by Crippen LogP contribution is -2.28. The molecule has 1 aromatic carbocycles. The molecule has 0 aliphatic heterocycles. The van der Waals surface area contributed by atoms with Gasteiger partial charge >= 0.3 is 0 Å². The summed E-state index contributed by atoms with van der Waals surface area (Å²) in [5.41, 5.74) is 0.360. The van der Waals surface area contributed by atoms with Crippen LogP contribution in [0, 0.1) is 17.2 Å². The molecule has 1 aliphatic rings. The van der Waals surface area contributed by atoms with Crippen LogP contribution < -0.4 is 4.72 Å². The highest BCUT2D eigenvalue weighted by Gasteiger charge is 2.19. The topological polar surface area (TPSA) is 70.0 Å². The van der Waals surface area contributed by atoms with Crippen molar-refractivity contribution in [3.05, 3.63) is 29.8 Å². The lowest BCUT2D eigenvalue weighted by atomic mass is 10.1. The van der Waals surface area contributed by atoms with Gasteiger partial charge in [-0.3, -0.25) is 0 Å². The summed E-state index contributed by atoms with van der Waals surface area (Å²) >= 11 is 0. The molecule has 0 radical (unpaired) electrons. The predicted octanol–water partition coefficient (Wildman–Crippen LogP) is 2.03. The van der Waals surface area contributed by atoms with E-state index < -0.39 is 10.0 Å². The minimum absolute atomic E-state index is 0.166. The van der Waals surface area contributed by atoms with Crippen molar-refractivity contribution in [1.29, 1.82) is 5.26 Å². The first-order valence-corrected chi connectivity index (χ1v) is 7.60. The van der Waals surface area contributed by atoms with Crippen molar-refractivity contribution in [2.75, 3.05) is 6.54 Å².